The van der Waals surface area contributed by atoms with Gasteiger partial charge in [-0.25, -0.2) is 14.8 Å². The van der Waals surface area contributed by atoms with Crippen molar-refractivity contribution in [1.29, 1.82) is 0 Å². The number of carboxylic acid groups (broad SMARTS) is 2. The number of anilines is 1. The van der Waals surface area contributed by atoms with E-state index in [9.17, 15) is 38.1 Å². The number of hydrazone groups is 1. The van der Waals surface area contributed by atoms with Gasteiger partial charge in [0.2, 0.25) is 5.88 Å². The van der Waals surface area contributed by atoms with Crippen molar-refractivity contribution in [2.75, 3.05) is 5.01 Å². The number of aliphatic carboxylic acids is 1. The van der Waals surface area contributed by atoms with Crippen LogP contribution in [0.15, 0.2) is 81.1 Å². The fraction of sp³-hybridized carbons (Fsp3) is 0. The number of aromatic nitrogens is 2. The van der Waals surface area contributed by atoms with Gasteiger partial charge in [-0.05, 0) is 60.7 Å². The predicted octanol–water partition coefficient (Wildman–Crippen LogP) is 2.38. The van der Waals surface area contributed by atoms with Crippen LogP contribution in [0.3, 0.4) is 0 Å². The molecule has 212 valence electrons. The number of amides is 1. The topological polar surface area (TPSA) is 238 Å². The van der Waals surface area contributed by atoms with Crippen LogP contribution in [-0.2, 0) is 29.1 Å². The Kier molecular flexibility index (Phi) is 8.33. The third kappa shape index (κ3) is 6.17. The van der Waals surface area contributed by atoms with Gasteiger partial charge in [0.1, 0.15) is 0 Å². The summed E-state index contributed by atoms with van der Waals surface area (Å²) in [6.45, 7) is 0. The molecule has 1 aliphatic heterocycles. The number of carbonyl (C=O) groups is 3. The van der Waals surface area contributed by atoms with Gasteiger partial charge in [0.25, 0.3) is 16.0 Å². The fourth-order valence-electron chi connectivity index (χ4n) is 3.51. The van der Waals surface area contributed by atoms with Crippen molar-refractivity contribution in [3.63, 3.8) is 0 Å². The van der Waals surface area contributed by atoms with E-state index in [0.29, 0.717) is 16.9 Å². The smallest absolute Gasteiger partial charge is 0.357 e. The summed E-state index contributed by atoms with van der Waals surface area (Å²) in [4.78, 5) is 36.6. The number of aromatic carboxylic acids is 1. The summed E-state index contributed by atoms with van der Waals surface area (Å²) < 4.78 is 36.8. The lowest BCUT2D eigenvalue weighted by Gasteiger charge is -2.11. The van der Waals surface area contributed by atoms with Gasteiger partial charge in [0.05, 0.1) is 39.4 Å². The molecular formula is C23H16N4O12S2. The summed E-state index contributed by atoms with van der Waals surface area (Å²) in [6.07, 6.45) is 3.26. The first-order valence-corrected chi connectivity index (χ1v) is 13.0. The molecule has 1 aliphatic rings. The summed E-state index contributed by atoms with van der Waals surface area (Å²) in [5, 5.41) is 50.0. The number of carbonyl (C=O) groups excluding carboxylic acids is 1. The molecule has 16 nitrogen and oxygen atoms in total. The van der Waals surface area contributed by atoms with E-state index in [-0.39, 0.29) is 22.5 Å². The minimum absolute atomic E-state index is 0.0529. The number of hydrogen-bond donors (Lipinski definition) is 5. The summed E-state index contributed by atoms with van der Waals surface area (Å²) in [6, 6.07) is 10.2. The Hall–Kier alpha value is -4.85. The molecule has 3 aromatic rings. The number of allylic oxidation sites excluding steroid dienone is 2. The average molecular weight is 605 g/mol. The van der Waals surface area contributed by atoms with Gasteiger partial charge in [0.15, 0.2) is 11.4 Å². The molecule has 0 atom stereocenters. The molecule has 0 aliphatic carbocycles. The van der Waals surface area contributed by atoms with Gasteiger partial charge >= 0.3 is 11.9 Å². The van der Waals surface area contributed by atoms with Crippen LogP contribution in [0.5, 0.6) is 5.88 Å². The molecule has 0 spiro atoms. The van der Waals surface area contributed by atoms with Crippen LogP contribution < -0.4 is 5.01 Å². The Morgan fingerprint density at radius 1 is 0.976 bits per heavy atom. The number of nitrogens with zero attached hydrogens (tertiary/aromatic N) is 4. The van der Waals surface area contributed by atoms with Crippen LogP contribution in [0.1, 0.15) is 16.1 Å². The van der Waals surface area contributed by atoms with E-state index < -0.39 is 50.1 Å². The average Bonchev–Trinajstić information content (AvgIpc) is 3.44. The van der Waals surface area contributed by atoms with E-state index in [1.165, 1.54) is 24.3 Å². The Balaban J connectivity index is 1.65. The van der Waals surface area contributed by atoms with Crippen LogP contribution in [0.2, 0.25) is 0 Å². The first-order valence-electron chi connectivity index (χ1n) is 10.9. The summed E-state index contributed by atoms with van der Waals surface area (Å²) >= 11 is 0.664. The van der Waals surface area contributed by atoms with E-state index in [1.54, 1.807) is 0 Å². The second kappa shape index (κ2) is 11.7. The highest BCUT2D eigenvalue weighted by molar-refractivity contribution is 7.94. The molecule has 0 unspecified atom stereocenters. The molecule has 2 heterocycles. The normalized spacial score (nSPS) is 14.7. The first-order chi connectivity index (χ1) is 19.4. The quantitative estimate of drug-likeness (QED) is 0.0734. The SMILES string of the molecule is O=C(O)C1=NN(c2ccc(SOOO)cc2)C(=O)/C1=C\C=C\c1c(C(=O)O)nn(-c2ccc(S(=O)(=O)O)cc2)c1O. The van der Waals surface area contributed by atoms with E-state index in [0.717, 1.165) is 52.2 Å². The van der Waals surface area contributed by atoms with Crippen LogP contribution >= 0.6 is 12.0 Å². The Morgan fingerprint density at radius 2 is 1.61 bits per heavy atom. The van der Waals surface area contributed by atoms with Gasteiger partial charge in [0, 0.05) is 4.90 Å². The third-order valence-corrected chi connectivity index (χ3v) is 6.79. The molecule has 4 rings (SSSR count). The van der Waals surface area contributed by atoms with Crippen LogP contribution in [-0.4, -0.2) is 66.9 Å². The molecular weight excluding hydrogens is 588 g/mol. The molecule has 0 bridgehead atoms. The van der Waals surface area contributed by atoms with Crippen molar-refractivity contribution < 1.29 is 57.3 Å². The van der Waals surface area contributed by atoms with Crippen molar-refractivity contribution >= 4 is 57.5 Å². The molecule has 0 saturated heterocycles. The lowest BCUT2D eigenvalue weighted by Crippen LogP contribution is -2.22. The zero-order valence-corrected chi connectivity index (χ0v) is 21.7. The Bertz CT molecular complexity index is 1730. The zero-order valence-electron chi connectivity index (χ0n) is 20.1. The lowest BCUT2D eigenvalue weighted by molar-refractivity contribution is -0.432. The van der Waals surface area contributed by atoms with Gasteiger partial charge in [-0.15, -0.1) is 4.33 Å². The van der Waals surface area contributed by atoms with E-state index >= 15 is 0 Å². The van der Waals surface area contributed by atoms with Crippen LogP contribution in [0.4, 0.5) is 5.69 Å². The van der Waals surface area contributed by atoms with Crippen molar-refractivity contribution in [1.82, 2.24) is 9.78 Å². The minimum atomic E-state index is -4.50. The maximum Gasteiger partial charge on any atom is 0.357 e. The van der Waals surface area contributed by atoms with Gasteiger partial charge in [-0.1, -0.05) is 11.1 Å². The minimum Gasteiger partial charge on any atom is -0.493 e. The second-order valence-electron chi connectivity index (χ2n) is 7.80. The van der Waals surface area contributed by atoms with Gasteiger partial charge in [-0.2, -0.15) is 28.3 Å². The molecule has 1 aromatic heterocycles. The lowest BCUT2D eigenvalue weighted by atomic mass is 10.1. The van der Waals surface area contributed by atoms with E-state index in [2.05, 4.69) is 19.6 Å². The number of carboxylic acids is 2. The molecule has 0 fully saturated rings. The highest BCUT2D eigenvalue weighted by atomic mass is 32.2. The van der Waals surface area contributed by atoms with Crippen molar-refractivity contribution in [3.8, 4) is 11.6 Å². The molecule has 18 heteroatoms. The maximum atomic E-state index is 13.0. The summed E-state index contributed by atoms with van der Waals surface area (Å²) in [7, 11) is -4.50. The van der Waals surface area contributed by atoms with E-state index in [4.69, 9.17) is 9.81 Å². The monoisotopic (exact) mass is 604 g/mol. The maximum absolute atomic E-state index is 13.0. The summed E-state index contributed by atoms with van der Waals surface area (Å²) in [5.41, 5.74) is -1.64. The number of aromatic hydroxyl groups is 1. The molecule has 41 heavy (non-hydrogen) atoms. The summed E-state index contributed by atoms with van der Waals surface area (Å²) in [5.74, 6) is -4.54. The predicted molar refractivity (Wildman–Crippen MR) is 139 cm³/mol. The third-order valence-electron chi connectivity index (χ3n) is 5.33. The van der Waals surface area contributed by atoms with Gasteiger partial charge in [-0.3, -0.25) is 9.35 Å². The number of hydrogen-bond acceptors (Lipinski definition) is 12. The van der Waals surface area contributed by atoms with Crippen molar-refractivity contribution in [2.24, 2.45) is 5.10 Å². The largest absolute Gasteiger partial charge is 0.493 e. The highest BCUT2D eigenvalue weighted by Gasteiger charge is 2.34. The number of benzene rings is 2. The van der Waals surface area contributed by atoms with Crippen molar-refractivity contribution in [3.05, 3.63) is 77.5 Å². The van der Waals surface area contributed by atoms with Crippen LogP contribution in [0, 0.1) is 0 Å². The molecule has 5 N–H and O–H groups in total. The second-order valence-corrected chi connectivity index (χ2v) is 10.00. The van der Waals surface area contributed by atoms with Gasteiger partial charge < -0.3 is 15.3 Å². The fourth-order valence-corrected chi connectivity index (χ4v) is 4.34. The molecule has 0 radical (unpaired) electrons. The standard InChI is InChI=1S/C23H16N4O12S2/c28-20-16(18(22(30)31)24-26(20)12-4-8-14(9-5-12)40-39-38-34)2-1-3-17-19(23(32)33)25-27(21(17)29)13-6-10-15(11-7-13)41(35,36)37/h1-11,29,34H,(H,30,31)(H,32,33)(H,35,36,37)/b3-1+,16-2-. The first kappa shape index (κ1) is 29.1. The molecule has 1 amide bonds. The highest BCUT2D eigenvalue weighted by Crippen LogP contribution is 2.29. The van der Waals surface area contributed by atoms with Crippen molar-refractivity contribution in [2.45, 2.75) is 9.79 Å². The Labute approximate surface area is 233 Å². The molecule has 2 aromatic carbocycles. The van der Waals surface area contributed by atoms with E-state index in [1.807, 2.05) is 0 Å². The number of rotatable bonds is 10. The Morgan fingerprint density at radius 3 is 2.17 bits per heavy atom. The zero-order chi connectivity index (χ0) is 29.9. The van der Waals surface area contributed by atoms with Crippen LogP contribution in [0.25, 0.3) is 11.8 Å². The molecule has 0 saturated carbocycles.